The van der Waals surface area contributed by atoms with Gasteiger partial charge in [-0.05, 0) is 28.5 Å². The van der Waals surface area contributed by atoms with Gasteiger partial charge in [0.1, 0.15) is 6.04 Å². The highest BCUT2D eigenvalue weighted by molar-refractivity contribution is 8.02. The van der Waals surface area contributed by atoms with Crippen LogP contribution in [0.5, 0.6) is 0 Å². The van der Waals surface area contributed by atoms with Crippen LogP contribution < -0.4 is 4.90 Å². The lowest BCUT2D eigenvalue weighted by atomic mass is 9.78. The molecule has 4 aliphatic rings. The summed E-state index contributed by atoms with van der Waals surface area (Å²) in [6.07, 6.45) is 8.06. The molecule has 5 atom stereocenters. The third-order valence-electron chi connectivity index (χ3n) is 8.84. The Bertz CT molecular complexity index is 1590. The predicted molar refractivity (Wildman–Crippen MR) is 160 cm³/mol. The number of carbonyl (C=O) groups excluding carboxylic acids is 3. The number of fused-ring (bicyclic) bond motifs is 3. The lowest BCUT2D eigenvalue weighted by Crippen LogP contribution is -2.53. The second kappa shape index (κ2) is 10.2. The Morgan fingerprint density at radius 1 is 0.854 bits per heavy atom. The second-order valence-corrected chi connectivity index (χ2v) is 12.6. The van der Waals surface area contributed by atoms with Crippen LogP contribution in [0.3, 0.4) is 0 Å². The van der Waals surface area contributed by atoms with Crippen molar-refractivity contribution < 1.29 is 19.5 Å². The van der Waals surface area contributed by atoms with Crippen LogP contribution in [0.25, 0.3) is 10.8 Å². The molecule has 7 rings (SSSR count). The van der Waals surface area contributed by atoms with Gasteiger partial charge in [0.15, 0.2) is 0 Å². The summed E-state index contributed by atoms with van der Waals surface area (Å²) in [5.74, 6) is -1.76. The van der Waals surface area contributed by atoms with Gasteiger partial charge in [-0.1, -0.05) is 85.0 Å². The van der Waals surface area contributed by atoms with Gasteiger partial charge in [0.05, 0.1) is 23.2 Å². The van der Waals surface area contributed by atoms with Crippen LogP contribution in [-0.4, -0.2) is 74.9 Å². The lowest BCUT2D eigenvalue weighted by Gasteiger charge is -2.35. The third-order valence-corrected chi connectivity index (χ3v) is 10.6. The maximum Gasteiger partial charge on any atom is 0.251 e. The van der Waals surface area contributed by atoms with Gasteiger partial charge >= 0.3 is 0 Å². The van der Waals surface area contributed by atoms with Crippen LogP contribution in [0.4, 0.5) is 5.69 Å². The Labute approximate surface area is 243 Å². The maximum absolute atomic E-state index is 14.5. The van der Waals surface area contributed by atoms with E-state index in [1.807, 2.05) is 95.9 Å². The number of aliphatic hydroxyl groups is 1. The SMILES string of the molecule is O=C1[C@@H]2[C@H]3C(=O)N(CCO)C4C(=O)N(c5ccc6ccccc6c5)CC=C[C@@]43S[C@@H]2C=CCN1Cc1ccccc1. The highest BCUT2D eigenvalue weighted by atomic mass is 32.2. The summed E-state index contributed by atoms with van der Waals surface area (Å²) < 4.78 is -0.903. The normalized spacial score (nSPS) is 29.0. The molecular weight excluding hydrogens is 534 g/mol. The van der Waals surface area contributed by atoms with Crippen molar-refractivity contribution in [1.29, 1.82) is 0 Å². The van der Waals surface area contributed by atoms with Crippen molar-refractivity contribution in [3.63, 3.8) is 0 Å². The summed E-state index contributed by atoms with van der Waals surface area (Å²) in [6, 6.07) is 23.0. The van der Waals surface area contributed by atoms with Crippen molar-refractivity contribution in [2.75, 3.05) is 31.1 Å². The first-order valence-electron chi connectivity index (χ1n) is 14.1. The van der Waals surface area contributed by atoms with E-state index in [4.69, 9.17) is 0 Å². The summed E-state index contributed by atoms with van der Waals surface area (Å²) in [6.45, 7) is 1.08. The molecule has 0 aliphatic carbocycles. The van der Waals surface area contributed by atoms with E-state index in [0.717, 1.165) is 22.0 Å². The number of β-amino-alcohol motifs (C(OH)–C–C–N with tert-alkyl or cyclic N) is 1. The van der Waals surface area contributed by atoms with Gasteiger partial charge in [0, 0.05) is 37.1 Å². The van der Waals surface area contributed by atoms with Crippen molar-refractivity contribution >= 4 is 45.9 Å². The maximum atomic E-state index is 14.5. The van der Waals surface area contributed by atoms with Gasteiger partial charge in [0.25, 0.3) is 5.91 Å². The fraction of sp³-hybridized carbons (Fsp3) is 0.303. The largest absolute Gasteiger partial charge is 0.395 e. The molecule has 8 heteroatoms. The van der Waals surface area contributed by atoms with Gasteiger partial charge in [-0.25, -0.2) is 0 Å². The predicted octanol–water partition coefficient (Wildman–Crippen LogP) is 3.63. The van der Waals surface area contributed by atoms with Crippen LogP contribution in [0, 0.1) is 11.8 Å². The van der Waals surface area contributed by atoms with Gasteiger partial charge in [-0.15, -0.1) is 11.8 Å². The first-order valence-corrected chi connectivity index (χ1v) is 15.0. The van der Waals surface area contributed by atoms with Gasteiger partial charge in [0.2, 0.25) is 11.8 Å². The highest BCUT2D eigenvalue weighted by Crippen LogP contribution is 2.61. The molecule has 1 spiro atoms. The van der Waals surface area contributed by atoms with E-state index in [1.54, 1.807) is 16.7 Å². The molecule has 3 amide bonds. The van der Waals surface area contributed by atoms with Gasteiger partial charge < -0.3 is 19.8 Å². The van der Waals surface area contributed by atoms with Crippen molar-refractivity contribution in [2.24, 2.45) is 11.8 Å². The number of thioether (sulfide) groups is 1. The fourth-order valence-corrected chi connectivity index (χ4v) is 9.07. The first-order chi connectivity index (χ1) is 20.0. The molecule has 4 heterocycles. The molecule has 0 saturated carbocycles. The van der Waals surface area contributed by atoms with E-state index < -0.39 is 22.6 Å². The lowest BCUT2D eigenvalue weighted by molar-refractivity contribution is -0.143. The van der Waals surface area contributed by atoms with E-state index >= 15 is 0 Å². The van der Waals surface area contributed by atoms with Crippen LogP contribution in [0.2, 0.25) is 0 Å². The smallest absolute Gasteiger partial charge is 0.251 e. The summed E-state index contributed by atoms with van der Waals surface area (Å²) in [7, 11) is 0. The molecule has 2 fully saturated rings. The Kier molecular flexibility index (Phi) is 6.47. The summed E-state index contributed by atoms with van der Waals surface area (Å²) in [5.41, 5.74) is 1.79. The molecule has 4 aliphatic heterocycles. The van der Waals surface area contributed by atoms with Crippen molar-refractivity contribution in [3.05, 3.63) is 103 Å². The molecule has 1 N–H and O–H groups in total. The number of benzene rings is 3. The van der Waals surface area contributed by atoms with Crippen LogP contribution >= 0.6 is 11.8 Å². The molecule has 2 saturated heterocycles. The second-order valence-electron chi connectivity index (χ2n) is 11.1. The van der Waals surface area contributed by atoms with E-state index in [1.165, 1.54) is 4.90 Å². The minimum absolute atomic E-state index is 0.0442. The number of nitrogens with zero attached hydrogens (tertiary/aromatic N) is 3. The molecule has 41 heavy (non-hydrogen) atoms. The molecule has 0 aromatic heterocycles. The van der Waals surface area contributed by atoms with E-state index in [9.17, 15) is 19.5 Å². The number of anilines is 1. The average Bonchev–Trinajstić information content (AvgIpc) is 3.30. The van der Waals surface area contributed by atoms with E-state index in [2.05, 4.69) is 6.08 Å². The number of hydrogen-bond donors (Lipinski definition) is 1. The number of likely N-dealkylation sites (tertiary alicyclic amines) is 1. The molecule has 3 aromatic rings. The Hall–Kier alpha value is -3.88. The Morgan fingerprint density at radius 2 is 1.63 bits per heavy atom. The van der Waals surface area contributed by atoms with Gasteiger partial charge in [-0.2, -0.15) is 0 Å². The number of hydrogen-bond acceptors (Lipinski definition) is 5. The number of rotatable bonds is 5. The minimum Gasteiger partial charge on any atom is -0.395 e. The van der Waals surface area contributed by atoms with E-state index in [0.29, 0.717) is 19.6 Å². The molecule has 0 bridgehead atoms. The van der Waals surface area contributed by atoms with Crippen molar-refractivity contribution in [3.8, 4) is 0 Å². The average molecular weight is 566 g/mol. The zero-order valence-electron chi connectivity index (χ0n) is 22.5. The van der Waals surface area contributed by atoms with E-state index in [-0.39, 0.29) is 36.1 Å². The fourth-order valence-electron chi connectivity index (χ4n) is 7.06. The number of aliphatic hydroxyl groups excluding tert-OH is 1. The quantitative estimate of drug-likeness (QED) is 0.478. The van der Waals surface area contributed by atoms with Crippen LogP contribution in [-0.2, 0) is 20.9 Å². The standard InChI is InChI=1S/C33H31N3O4S/c37-19-18-36-29-32(40)35(25-14-13-23-10-4-5-11-24(23)20-25)17-7-15-33(29)28(31(36)39)27-26(41-33)12-6-16-34(30(27)38)21-22-8-2-1-3-9-22/h1-15,20,26-29,37H,16-19,21H2/t26-,27+,28+,29?,33+/m1/s1. The zero-order valence-corrected chi connectivity index (χ0v) is 23.3. The molecular formula is C33H31N3O4S. The van der Waals surface area contributed by atoms with Crippen molar-refractivity contribution in [1.82, 2.24) is 9.80 Å². The molecule has 208 valence electrons. The topological polar surface area (TPSA) is 81.2 Å². The van der Waals surface area contributed by atoms with Crippen LogP contribution in [0.15, 0.2) is 97.1 Å². The summed E-state index contributed by atoms with van der Waals surface area (Å²) in [5, 5.41) is 11.8. The highest BCUT2D eigenvalue weighted by Gasteiger charge is 2.71. The molecule has 3 aromatic carbocycles. The molecule has 0 radical (unpaired) electrons. The zero-order chi connectivity index (χ0) is 28.1. The van der Waals surface area contributed by atoms with Crippen molar-refractivity contribution in [2.45, 2.75) is 22.6 Å². The number of amides is 3. The Balaban J connectivity index is 1.27. The Morgan fingerprint density at radius 3 is 2.44 bits per heavy atom. The number of carbonyl (C=O) groups is 3. The third kappa shape index (κ3) is 4.11. The molecule has 7 nitrogen and oxygen atoms in total. The minimum atomic E-state index is -0.903. The summed E-state index contributed by atoms with van der Waals surface area (Å²) >= 11 is 1.56. The van der Waals surface area contributed by atoms with Gasteiger partial charge in [-0.3, -0.25) is 14.4 Å². The summed E-state index contributed by atoms with van der Waals surface area (Å²) in [4.78, 5) is 47.9. The first kappa shape index (κ1) is 26.0. The monoisotopic (exact) mass is 565 g/mol. The van der Waals surface area contributed by atoms with Crippen LogP contribution in [0.1, 0.15) is 5.56 Å². The molecule has 1 unspecified atom stereocenters.